The second-order valence-corrected chi connectivity index (χ2v) is 10.0. The maximum atomic E-state index is 14.1. The van der Waals surface area contributed by atoms with E-state index >= 15 is 0 Å². The van der Waals surface area contributed by atoms with Crippen molar-refractivity contribution in [2.75, 3.05) is 38.1 Å². The molecule has 0 aliphatic carbocycles. The standard InChI is InChI=1S/C27H29FN2O6S/c1-4-30(5-2)14-6-7-18-17-19(28)8-11-24(18)37(32,33)29-22-10-9-21-20-12-15-35-23(20)13-16-36-26(21)25(22)27(31)34-3/h6-12,15,17,29H,4-5,13-14,16H2,1-3H3/b7-6-. The minimum atomic E-state index is -4.24. The first-order valence-electron chi connectivity index (χ1n) is 11.9. The lowest BCUT2D eigenvalue weighted by Gasteiger charge is -2.18. The maximum absolute atomic E-state index is 14.1. The number of halogens is 1. The molecule has 2 aromatic carbocycles. The summed E-state index contributed by atoms with van der Waals surface area (Å²) in [6.45, 7) is 6.52. The van der Waals surface area contributed by atoms with Gasteiger partial charge in [0.05, 0.1) is 30.6 Å². The van der Waals surface area contributed by atoms with Gasteiger partial charge >= 0.3 is 5.97 Å². The van der Waals surface area contributed by atoms with E-state index in [4.69, 9.17) is 13.9 Å². The number of hydrogen-bond donors (Lipinski definition) is 1. The van der Waals surface area contributed by atoms with Gasteiger partial charge in [-0.2, -0.15) is 0 Å². The van der Waals surface area contributed by atoms with Crippen LogP contribution in [0.2, 0.25) is 0 Å². The Balaban J connectivity index is 1.75. The zero-order chi connectivity index (χ0) is 26.6. The molecule has 0 radical (unpaired) electrons. The lowest BCUT2D eigenvalue weighted by molar-refractivity contribution is 0.0597. The summed E-state index contributed by atoms with van der Waals surface area (Å²) in [5.41, 5.74) is 1.46. The minimum Gasteiger partial charge on any atom is -0.491 e. The van der Waals surface area contributed by atoms with E-state index in [0.29, 0.717) is 24.3 Å². The summed E-state index contributed by atoms with van der Waals surface area (Å²) in [5.74, 6) is -0.424. The van der Waals surface area contributed by atoms with E-state index < -0.39 is 21.8 Å². The number of methoxy groups -OCH3 is 1. The molecule has 196 valence electrons. The molecule has 0 spiro atoms. The highest BCUT2D eigenvalue weighted by Crippen LogP contribution is 2.42. The number of esters is 1. The number of hydrogen-bond acceptors (Lipinski definition) is 7. The maximum Gasteiger partial charge on any atom is 0.343 e. The normalized spacial score (nSPS) is 13.1. The van der Waals surface area contributed by atoms with Gasteiger partial charge in [-0.05, 0) is 55.1 Å². The number of fused-ring (bicyclic) bond motifs is 3. The Morgan fingerprint density at radius 2 is 1.95 bits per heavy atom. The molecule has 3 aromatic rings. The van der Waals surface area contributed by atoms with E-state index in [9.17, 15) is 17.6 Å². The van der Waals surface area contributed by atoms with Crippen LogP contribution in [0.25, 0.3) is 17.2 Å². The van der Waals surface area contributed by atoms with Gasteiger partial charge in [-0.25, -0.2) is 17.6 Å². The SMILES string of the molecule is CCN(CC)C/C=C\c1cc(F)ccc1S(=O)(=O)Nc1ccc2c(c1C(=O)OC)OCCc1occc1-2. The number of sulfonamides is 1. The number of carbonyl (C=O) groups is 1. The fourth-order valence-electron chi connectivity index (χ4n) is 4.26. The molecule has 4 rings (SSSR count). The molecular weight excluding hydrogens is 499 g/mol. The van der Waals surface area contributed by atoms with Crippen molar-refractivity contribution in [3.8, 4) is 16.9 Å². The smallest absolute Gasteiger partial charge is 0.343 e. The van der Waals surface area contributed by atoms with E-state index in [1.54, 1.807) is 30.5 Å². The Morgan fingerprint density at radius 3 is 2.68 bits per heavy atom. The zero-order valence-electron chi connectivity index (χ0n) is 20.9. The van der Waals surface area contributed by atoms with Crippen molar-refractivity contribution < 1.29 is 31.5 Å². The van der Waals surface area contributed by atoms with E-state index in [0.717, 1.165) is 30.8 Å². The van der Waals surface area contributed by atoms with E-state index in [2.05, 4.69) is 9.62 Å². The highest BCUT2D eigenvalue weighted by Gasteiger charge is 2.29. The fourth-order valence-corrected chi connectivity index (χ4v) is 5.51. The predicted octanol–water partition coefficient (Wildman–Crippen LogP) is 4.96. The molecule has 1 aliphatic heterocycles. The Kier molecular flexibility index (Phi) is 7.99. The van der Waals surface area contributed by atoms with Crippen molar-refractivity contribution in [2.45, 2.75) is 25.2 Å². The van der Waals surface area contributed by atoms with Crippen LogP contribution in [0.5, 0.6) is 5.75 Å². The first-order valence-corrected chi connectivity index (χ1v) is 13.4. The largest absolute Gasteiger partial charge is 0.491 e. The van der Waals surface area contributed by atoms with E-state index in [-0.39, 0.29) is 34.1 Å². The van der Waals surface area contributed by atoms with Crippen LogP contribution in [0.15, 0.2) is 58.1 Å². The van der Waals surface area contributed by atoms with Gasteiger partial charge in [-0.3, -0.25) is 4.72 Å². The number of nitrogens with zero attached hydrogens (tertiary/aromatic N) is 1. The molecule has 1 aliphatic rings. The third-order valence-corrected chi connectivity index (χ3v) is 7.66. The molecule has 0 fully saturated rings. The van der Waals surface area contributed by atoms with Gasteiger partial charge in [0.15, 0.2) is 0 Å². The van der Waals surface area contributed by atoms with Crippen LogP contribution >= 0.6 is 0 Å². The molecular formula is C27H29FN2O6S. The third kappa shape index (κ3) is 5.55. The number of furan rings is 1. The summed E-state index contributed by atoms with van der Waals surface area (Å²) in [6, 6.07) is 8.35. The predicted molar refractivity (Wildman–Crippen MR) is 139 cm³/mol. The molecule has 8 nitrogen and oxygen atoms in total. The van der Waals surface area contributed by atoms with Gasteiger partial charge in [0.2, 0.25) is 0 Å². The summed E-state index contributed by atoms with van der Waals surface area (Å²) in [6.07, 6.45) is 5.41. The van der Waals surface area contributed by atoms with Crippen LogP contribution < -0.4 is 9.46 Å². The second kappa shape index (κ2) is 11.2. The van der Waals surface area contributed by atoms with Gasteiger partial charge in [0.1, 0.15) is 22.9 Å². The van der Waals surface area contributed by atoms with Crippen LogP contribution in [0.4, 0.5) is 10.1 Å². The van der Waals surface area contributed by atoms with Gasteiger partial charge in [0.25, 0.3) is 10.0 Å². The summed E-state index contributed by atoms with van der Waals surface area (Å²) < 4.78 is 60.0. The summed E-state index contributed by atoms with van der Waals surface area (Å²) in [4.78, 5) is 14.8. The van der Waals surface area contributed by atoms with Crippen molar-refractivity contribution in [3.63, 3.8) is 0 Å². The number of carbonyl (C=O) groups excluding carboxylic acids is 1. The van der Waals surface area contributed by atoms with Crippen LogP contribution in [0.3, 0.4) is 0 Å². The van der Waals surface area contributed by atoms with E-state index in [1.165, 1.54) is 19.2 Å². The van der Waals surface area contributed by atoms with Crippen molar-refractivity contribution in [2.24, 2.45) is 0 Å². The van der Waals surface area contributed by atoms with Crippen LogP contribution in [-0.4, -0.2) is 52.6 Å². The second-order valence-electron chi connectivity index (χ2n) is 8.39. The number of ether oxygens (including phenoxy) is 2. The number of likely N-dealkylation sites (N-methyl/N-ethyl adjacent to an activating group) is 1. The summed E-state index contributed by atoms with van der Waals surface area (Å²) in [5, 5.41) is 0. The zero-order valence-corrected chi connectivity index (χ0v) is 21.7. The average Bonchev–Trinajstić information content (AvgIpc) is 3.27. The van der Waals surface area contributed by atoms with Crippen molar-refractivity contribution >= 4 is 27.8 Å². The number of benzene rings is 2. The monoisotopic (exact) mass is 528 g/mol. The number of anilines is 1. The molecule has 1 aromatic heterocycles. The van der Waals surface area contributed by atoms with Crippen LogP contribution in [0.1, 0.15) is 35.5 Å². The lowest BCUT2D eigenvalue weighted by atomic mass is 10.0. The van der Waals surface area contributed by atoms with Gasteiger partial charge < -0.3 is 18.8 Å². The number of nitrogens with one attached hydrogen (secondary N) is 1. The highest BCUT2D eigenvalue weighted by molar-refractivity contribution is 7.92. The molecule has 0 saturated carbocycles. The van der Waals surface area contributed by atoms with Gasteiger partial charge in [-0.1, -0.05) is 26.0 Å². The quantitative estimate of drug-likeness (QED) is 0.392. The lowest BCUT2D eigenvalue weighted by Crippen LogP contribution is -2.22. The van der Waals surface area contributed by atoms with Gasteiger partial charge in [0, 0.05) is 24.1 Å². The van der Waals surface area contributed by atoms with E-state index in [1.807, 2.05) is 13.8 Å². The Bertz CT molecular complexity index is 1430. The molecule has 1 N–H and O–H groups in total. The topological polar surface area (TPSA) is 98.1 Å². The highest BCUT2D eigenvalue weighted by atomic mass is 32.2. The third-order valence-electron chi connectivity index (χ3n) is 6.22. The Morgan fingerprint density at radius 1 is 1.16 bits per heavy atom. The molecule has 0 atom stereocenters. The molecule has 10 heteroatoms. The molecule has 2 heterocycles. The van der Waals surface area contributed by atoms with Crippen LogP contribution in [-0.2, 0) is 21.2 Å². The van der Waals surface area contributed by atoms with Gasteiger partial charge in [-0.15, -0.1) is 0 Å². The summed E-state index contributed by atoms with van der Waals surface area (Å²) >= 11 is 0. The Hall–Kier alpha value is -3.63. The number of rotatable bonds is 9. The molecule has 37 heavy (non-hydrogen) atoms. The van der Waals surface area contributed by atoms with Crippen molar-refractivity contribution in [1.82, 2.24) is 4.90 Å². The van der Waals surface area contributed by atoms with Crippen LogP contribution in [0, 0.1) is 5.82 Å². The first kappa shape index (κ1) is 26.4. The molecule has 0 amide bonds. The molecule has 0 saturated heterocycles. The minimum absolute atomic E-state index is 0.0139. The molecule has 0 unspecified atom stereocenters. The Labute approximate surface area is 215 Å². The van der Waals surface area contributed by atoms with Crippen molar-refractivity contribution in [1.29, 1.82) is 0 Å². The first-order chi connectivity index (χ1) is 17.8. The average molecular weight is 529 g/mol. The fraction of sp³-hybridized carbons (Fsp3) is 0.296. The van der Waals surface area contributed by atoms with Crippen molar-refractivity contribution in [3.05, 3.63) is 71.4 Å². The molecule has 0 bridgehead atoms. The summed E-state index contributed by atoms with van der Waals surface area (Å²) in [7, 11) is -3.03.